The number of nitrogens with zero attached hydrogens (tertiary/aromatic N) is 1. The summed E-state index contributed by atoms with van der Waals surface area (Å²) in [5.74, 6) is 0. The van der Waals surface area contributed by atoms with E-state index in [-0.39, 0.29) is 18.0 Å². The fraction of sp³-hybridized carbons (Fsp3) is 0.333. The van der Waals surface area contributed by atoms with Crippen molar-refractivity contribution in [1.29, 1.82) is 0 Å². The van der Waals surface area contributed by atoms with Crippen LogP contribution >= 0.6 is 11.6 Å². The Kier molecular flexibility index (Phi) is 2.72. The van der Waals surface area contributed by atoms with Crippen LogP contribution in [0.15, 0.2) is 29.2 Å². The molecule has 1 N–H and O–H groups in total. The Morgan fingerprint density at radius 3 is 2.60 bits per heavy atom. The predicted octanol–water partition coefficient (Wildman–Crippen LogP) is 0.705. The average Bonchev–Trinajstić information content (AvgIpc) is 2.13. The molecule has 0 radical (unpaired) electrons. The molecule has 0 aliphatic carbocycles. The van der Waals surface area contributed by atoms with E-state index in [1.807, 2.05) is 0 Å². The maximum absolute atomic E-state index is 11.9. The second kappa shape index (κ2) is 3.75. The Hall–Kier alpha value is -0.620. The van der Waals surface area contributed by atoms with Gasteiger partial charge in [0.05, 0.1) is 11.0 Å². The quantitative estimate of drug-likeness (QED) is 0.837. The van der Waals surface area contributed by atoms with E-state index >= 15 is 0 Å². The van der Waals surface area contributed by atoms with Gasteiger partial charge >= 0.3 is 0 Å². The zero-order valence-electron chi connectivity index (χ0n) is 7.80. The second-order valence-corrected chi connectivity index (χ2v) is 5.81. The lowest BCUT2D eigenvalue weighted by Crippen LogP contribution is -2.53. The molecule has 0 spiro atoms. The first-order valence-corrected chi connectivity index (χ1v) is 6.26. The van der Waals surface area contributed by atoms with Crippen LogP contribution in [-0.4, -0.2) is 37.0 Å². The van der Waals surface area contributed by atoms with Gasteiger partial charge in [0, 0.05) is 18.1 Å². The van der Waals surface area contributed by atoms with Crippen LogP contribution in [0.1, 0.15) is 0 Å². The molecule has 1 heterocycles. The van der Waals surface area contributed by atoms with E-state index in [1.54, 1.807) is 12.1 Å². The van der Waals surface area contributed by atoms with Gasteiger partial charge in [-0.3, -0.25) is 0 Å². The molecule has 0 bridgehead atoms. The van der Waals surface area contributed by atoms with Crippen molar-refractivity contribution in [2.75, 3.05) is 13.1 Å². The molecule has 4 nitrogen and oxygen atoms in total. The molecule has 0 unspecified atom stereocenters. The second-order valence-electron chi connectivity index (χ2n) is 3.43. The maximum atomic E-state index is 11.9. The fourth-order valence-electron chi connectivity index (χ4n) is 1.39. The highest BCUT2D eigenvalue weighted by Crippen LogP contribution is 2.23. The van der Waals surface area contributed by atoms with Gasteiger partial charge in [-0.15, -0.1) is 0 Å². The first-order chi connectivity index (χ1) is 7.00. The number of sulfonamides is 1. The van der Waals surface area contributed by atoms with E-state index in [0.717, 1.165) is 0 Å². The molecule has 0 atom stereocenters. The molecule has 0 saturated carbocycles. The summed E-state index contributed by atoms with van der Waals surface area (Å²) in [6.07, 6.45) is -0.543. The normalized spacial score (nSPS) is 18.8. The smallest absolute Gasteiger partial charge is 0.243 e. The summed E-state index contributed by atoms with van der Waals surface area (Å²) in [5.41, 5.74) is 0. The van der Waals surface area contributed by atoms with Crippen LogP contribution in [0.25, 0.3) is 0 Å². The van der Waals surface area contributed by atoms with Gasteiger partial charge in [-0.1, -0.05) is 17.7 Å². The number of halogens is 1. The van der Waals surface area contributed by atoms with Crippen molar-refractivity contribution in [3.05, 3.63) is 29.3 Å². The average molecular weight is 248 g/mol. The number of aliphatic hydroxyl groups excluding tert-OH is 1. The third-order valence-electron chi connectivity index (χ3n) is 2.26. The minimum atomic E-state index is -3.47. The van der Waals surface area contributed by atoms with Gasteiger partial charge < -0.3 is 5.11 Å². The number of aliphatic hydroxyl groups is 1. The first-order valence-electron chi connectivity index (χ1n) is 4.44. The summed E-state index contributed by atoms with van der Waals surface area (Å²) in [5, 5.41) is 9.44. The van der Waals surface area contributed by atoms with E-state index in [4.69, 9.17) is 16.7 Å². The molecule has 1 aliphatic rings. The van der Waals surface area contributed by atoms with Gasteiger partial charge in [-0.2, -0.15) is 4.31 Å². The highest BCUT2D eigenvalue weighted by molar-refractivity contribution is 7.89. The van der Waals surface area contributed by atoms with Crippen LogP contribution < -0.4 is 0 Å². The van der Waals surface area contributed by atoms with Crippen molar-refractivity contribution in [2.45, 2.75) is 11.0 Å². The van der Waals surface area contributed by atoms with Crippen LogP contribution in [0.2, 0.25) is 5.02 Å². The van der Waals surface area contributed by atoms with Crippen LogP contribution in [-0.2, 0) is 10.0 Å². The van der Waals surface area contributed by atoms with Gasteiger partial charge in [0.1, 0.15) is 0 Å². The summed E-state index contributed by atoms with van der Waals surface area (Å²) in [7, 11) is -3.47. The maximum Gasteiger partial charge on any atom is 0.243 e. The summed E-state index contributed by atoms with van der Waals surface area (Å²) >= 11 is 5.71. The van der Waals surface area contributed by atoms with Crippen molar-refractivity contribution in [3.63, 3.8) is 0 Å². The third kappa shape index (κ3) is 2.01. The van der Waals surface area contributed by atoms with Crippen molar-refractivity contribution in [3.8, 4) is 0 Å². The van der Waals surface area contributed by atoms with Crippen LogP contribution in [0.4, 0.5) is 0 Å². The lowest BCUT2D eigenvalue weighted by Gasteiger charge is -2.34. The molecule has 0 amide bonds. The van der Waals surface area contributed by atoms with E-state index in [9.17, 15) is 8.42 Å². The van der Waals surface area contributed by atoms with E-state index in [0.29, 0.717) is 5.02 Å². The Bertz CT molecular complexity index is 468. The monoisotopic (exact) mass is 247 g/mol. The van der Waals surface area contributed by atoms with Crippen molar-refractivity contribution >= 4 is 21.6 Å². The molecule has 1 aliphatic heterocycles. The summed E-state index contributed by atoms with van der Waals surface area (Å²) < 4.78 is 25.0. The van der Waals surface area contributed by atoms with E-state index in [1.165, 1.54) is 16.4 Å². The highest BCUT2D eigenvalue weighted by atomic mass is 35.5. The zero-order valence-corrected chi connectivity index (χ0v) is 9.37. The standard InChI is InChI=1S/C9H10ClNO3S/c10-7-2-1-3-9(4-7)15(13,14)11-5-8(12)6-11/h1-4,8,12H,5-6H2. The Morgan fingerprint density at radius 1 is 1.40 bits per heavy atom. The number of hydrogen-bond donors (Lipinski definition) is 1. The molecule has 1 saturated heterocycles. The van der Waals surface area contributed by atoms with E-state index in [2.05, 4.69) is 0 Å². The molecule has 2 rings (SSSR count). The molecule has 1 aromatic rings. The highest BCUT2D eigenvalue weighted by Gasteiger charge is 2.35. The first kappa shape index (κ1) is 10.9. The Morgan fingerprint density at radius 2 is 2.07 bits per heavy atom. The van der Waals surface area contributed by atoms with Crippen LogP contribution in [0, 0.1) is 0 Å². The van der Waals surface area contributed by atoms with Crippen molar-refractivity contribution in [2.24, 2.45) is 0 Å². The van der Waals surface area contributed by atoms with E-state index < -0.39 is 16.1 Å². The van der Waals surface area contributed by atoms with Gasteiger partial charge in [0.2, 0.25) is 10.0 Å². The third-order valence-corrected chi connectivity index (χ3v) is 4.33. The van der Waals surface area contributed by atoms with Crippen LogP contribution in [0.5, 0.6) is 0 Å². The minimum absolute atomic E-state index is 0.162. The van der Waals surface area contributed by atoms with Gasteiger partial charge in [-0.05, 0) is 18.2 Å². The van der Waals surface area contributed by atoms with Gasteiger partial charge in [-0.25, -0.2) is 8.42 Å². The summed E-state index contributed by atoms with van der Waals surface area (Å²) in [6, 6.07) is 6.10. The van der Waals surface area contributed by atoms with Crippen molar-refractivity contribution in [1.82, 2.24) is 4.31 Å². The molecular weight excluding hydrogens is 238 g/mol. The van der Waals surface area contributed by atoms with Gasteiger partial charge in [0.15, 0.2) is 0 Å². The molecule has 1 aromatic carbocycles. The SMILES string of the molecule is O=S(=O)(c1cccc(Cl)c1)N1CC(O)C1. The predicted molar refractivity (Wildman–Crippen MR) is 56.2 cm³/mol. The largest absolute Gasteiger partial charge is 0.390 e. The molecule has 15 heavy (non-hydrogen) atoms. The topological polar surface area (TPSA) is 57.6 Å². The molecule has 82 valence electrons. The number of rotatable bonds is 2. The molecule has 6 heteroatoms. The lowest BCUT2D eigenvalue weighted by atomic mass is 10.2. The zero-order chi connectivity index (χ0) is 11.1. The van der Waals surface area contributed by atoms with Gasteiger partial charge in [0.25, 0.3) is 0 Å². The Labute approximate surface area is 93.1 Å². The minimum Gasteiger partial charge on any atom is -0.390 e. The van der Waals surface area contributed by atoms with Crippen LogP contribution in [0.3, 0.4) is 0 Å². The number of hydrogen-bond acceptors (Lipinski definition) is 3. The van der Waals surface area contributed by atoms with Crippen molar-refractivity contribution < 1.29 is 13.5 Å². The summed E-state index contributed by atoms with van der Waals surface area (Å²) in [4.78, 5) is 0.168. The lowest BCUT2D eigenvalue weighted by molar-refractivity contribution is 0.0548. The molecule has 1 fully saturated rings. The molecular formula is C9H10ClNO3S. The summed E-state index contributed by atoms with van der Waals surface area (Å²) in [6.45, 7) is 0.323. The number of β-amino-alcohol motifs (C(OH)–C–C–N with tert-alkyl or cyclic N) is 1. The molecule has 0 aromatic heterocycles. The Balaban J connectivity index is 2.30. The number of benzene rings is 1. The fourth-order valence-corrected chi connectivity index (χ4v) is 3.21.